The van der Waals surface area contributed by atoms with Gasteiger partial charge in [0.2, 0.25) is 10.0 Å². The van der Waals surface area contributed by atoms with Crippen molar-refractivity contribution in [1.82, 2.24) is 0 Å². The van der Waals surface area contributed by atoms with E-state index in [2.05, 4.69) is 0 Å². The zero-order valence-corrected chi connectivity index (χ0v) is 12.9. The largest absolute Gasteiger partial charge is 0.293 e. The molecule has 0 fully saturated rings. The number of rotatable bonds is 6. The Bertz CT molecular complexity index is 743. The number of carbonyl (C=O) groups excluding carboxylic acids is 1. The second kappa shape index (κ2) is 6.70. The highest BCUT2D eigenvalue weighted by atomic mass is 32.2. The monoisotopic (exact) mass is 321 g/mol. The van der Waals surface area contributed by atoms with Crippen molar-refractivity contribution in [2.75, 3.05) is 16.6 Å². The molecule has 0 heterocycles. The molecule has 0 saturated heterocycles. The number of hydrogen-bond donors (Lipinski definition) is 0. The van der Waals surface area contributed by atoms with E-state index in [0.717, 1.165) is 12.1 Å². The summed E-state index contributed by atoms with van der Waals surface area (Å²) >= 11 is 0. The van der Waals surface area contributed by atoms with E-state index in [1.165, 1.54) is 16.4 Å². The third-order valence-corrected chi connectivity index (χ3v) is 4.91. The Kier molecular flexibility index (Phi) is 4.92. The van der Waals surface area contributed by atoms with Gasteiger partial charge in [-0.05, 0) is 43.3 Å². The van der Waals surface area contributed by atoms with Gasteiger partial charge >= 0.3 is 0 Å². The Morgan fingerprint density at radius 1 is 1.05 bits per heavy atom. The van der Waals surface area contributed by atoms with Crippen LogP contribution >= 0.6 is 0 Å². The van der Waals surface area contributed by atoms with Crippen molar-refractivity contribution in [2.24, 2.45) is 0 Å². The molecule has 0 spiro atoms. The summed E-state index contributed by atoms with van der Waals surface area (Å²) in [5, 5.41) is 0. The number of carbonyl (C=O) groups is 1. The molecule has 0 atom stereocenters. The smallest absolute Gasteiger partial charge is 0.242 e. The van der Waals surface area contributed by atoms with E-state index in [0.29, 0.717) is 5.69 Å². The van der Waals surface area contributed by atoms with Crippen molar-refractivity contribution >= 4 is 21.5 Å². The Morgan fingerprint density at radius 3 is 2.18 bits per heavy atom. The van der Waals surface area contributed by atoms with Gasteiger partial charge in [-0.1, -0.05) is 18.2 Å². The standard InChI is InChI=1S/C16H16FNO3S/c1-2-18(15-6-4-3-5-7-15)22(20,21)12-16(19)13-8-10-14(17)11-9-13/h3-11H,2,12H2,1H3. The third kappa shape index (κ3) is 3.71. The summed E-state index contributed by atoms with van der Waals surface area (Å²) in [7, 11) is -3.79. The molecule has 2 rings (SSSR count). The van der Waals surface area contributed by atoms with Gasteiger partial charge in [0, 0.05) is 12.1 Å². The van der Waals surface area contributed by atoms with Crippen LogP contribution in [0.4, 0.5) is 10.1 Å². The lowest BCUT2D eigenvalue weighted by molar-refractivity contribution is 0.102. The molecule has 0 aromatic heterocycles. The molecule has 2 aromatic rings. The first-order chi connectivity index (χ1) is 10.4. The maximum atomic E-state index is 12.9. The Morgan fingerprint density at radius 2 is 1.64 bits per heavy atom. The molecule has 2 aromatic carbocycles. The van der Waals surface area contributed by atoms with Crippen LogP contribution in [0.1, 0.15) is 17.3 Å². The maximum absolute atomic E-state index is 12.9. The van der Waals surface area contributed by atoms with Gasteiger partial charge in [0.25, 0.3) is 0 Å². The van der Waals surface area contributed by atoms with Crippen LogP contribution in [0, 0.1) is 5.82 Å². The third-order valence-electron chi connectivity index (χ3n) is 3.15. The van der Waals surface area contributed by atoms with Crippen molar-refractivity contribution in [2.45, 2.75) is 6.92 Å². The summed E-state index contributed by atoms with van der Waals surface area (Å²) in [4.78, 5) is 12.1. The fourth-order valence-corrected chi connectivity index (χ4v) is 3.59. The van der Waals surface area contributed by atoms with Gasteiger partial charge in [0.15, 0.2) is 5.78 Å². The van der Waals surface area contributed by atoms with Crippen LogP contribution < -0.4 is 4.31 Å². The molecule has 0 saturated carbocycles. The van der Waals surface area contributed by atoms with Gasteiger partial charge in [0.05, 0.1) is 5.69 Å². The SMILES string of the molecule is CCN(c1ccccc1)S(=O)(=O)CC(=O)c1ccc(F)cc1. The first-order valence-corrected chi connectivity index (χ1v) is 8.39. The van der Waals surface area contributed by atoms with E-state index in [1.807, 2.05) is 0 Å². The molecule has 0 aliphatic carbocycles. The second-order valence-electron chi connectivity index (χ2n) is 4.69. The van der Waals surface area contributed by atoms with Gasteiger partial charge < -0.3 is 0 Å². The van der Waals surface area contributed by atoms with Crippen LogP contribution in [0.15, 0.2) is 54.6 Å². The van der Waals surface area contributed by atoms with E-state index in [4.69, 9.17) is 0 Å². The lowest BCUT2D eigenvalue weighted by Crippen LogP contribution is -2.35. The van der Waals surface area contributed by atoms with Crippen LogP contribution in [0.3, 0.4) is 0 Å². The zero-order chi connectivity index (χ0) is 16.2. The molecule has 4 nitrogen and oxygen atoms in total. The van der Waals surface area contributed by atoms with Crippen molar-refractivity contribution in [3.05, 3.63) is 66.0 Å². The van der Waals surface area contributed by atoms with Crippen LogP contribution in [0.5, 0.6) is 0 Å². The van der Waals surface area contributed by atoms with E-state index in [9.17, 15) is 17.6 Å². The van der Waals surface area contributed by atoms with Crippen LogP contribution in [-0.2, 0) is 10.0 Å². The highest BCUT2D eigenvalue weighted by Gasteiger charge is 2.25. The fourth-order valence-electron chi connectivity index (χ4n) is 2.10. The predicted octanol–water partition coefficient (Wildman–Crippen LogP) is 2.86. The van der Waals surface area contributed by atoms with Crippen molar-refractivity contribution in [3.63, 3.8) is 0 Å². The van der Waals surface area contributed by atoms with Crippen LogP contribution in [0.2, 0.25) is 0 Å². The summed E-state index contributed by atoms with van der Waals surface area (Å²) in [6, 6.07) is 13.4. The van der Waals surface area contributed by atoms with Gasteiger partial charge in [-0.3, -0.25) is 9.10 Å². The van der Waals surface area contributed by atoms with Crippen molar-refractivity contribution in [1.29, 1.82) is 0 Å². The normalized spacial score (nSPS) is 11.2. The molecule has 0 N–H and O–H groups in total. The summed E-state index contributed by atoms with van der Waals surface area (Å²) in [5.41, 5.74) is 0.686. The fraction of sp³-hybridized carbons (Fsp3) is 0.188. The number of ketones is 1. The van der Waals surface area contributed by atoms with Crippen molar-refractivity contribution in [3.8, 4) is 0 Å². The lowest BCUT2D eigenvalue weighted by Gasteiger charge is -2.22. The number of nitrogens with zero attached hydrogens (tertiary/aromatic N) is 1. The van der Waals surface area contributed by atoms with Crippen LogP contribution in [0.25, 0.3) is 0 Å². The molecule has 0 amide bonds. The average molecular weight is 321 g/mol. The number of halogens is 1. The van der Waals surface area contributed by atoms with E-state index in [-0.39, 0.29) is 12.1 Å². The zero-order valence-electron chi connectivity index (χ0n) is 12.1. The number of para-hydroxylation sites is 1. The summed E-state index contributed by atoms with van der Waals surface area (Å²) < 4.78 is 38.9. The van der Waals surface area contributed by atoms with Gasteiger partial charge in [-0.15, -0.1) is 0 Å². The minimum absolute atomic E-state index is 0.175. The molecule has 0 aliphatic heterocycles. The van der Waals surface area contributed by atoms with Gasteiger partial charge in [-0.25, -0.2) is 12.8 Å². The quantitative estimate of drug-likeness (QED) is 0.769. The van der Waals surface area contributed by atoms with Crippen molar-refractivity contribution < 1.29 is 17.6 Å². The first-order valence-electron chi connectivity index (χ1n) is 6.78. The highest BCUT2D eigenvalue weighted by Crippen LogP contribution is 2.18. The first kappa shape index (κ1) is 16.2. The van der Waals surface area contributed by atoms with E-state index >= 15 is 0 Å². The molecule has 0 aliphatic rings. The second-order valence-corrected chi connectivity index (χ2v) is 6.58. The lowest BCUT2D eigenvalue weighted by atomic mass is 10.1. The maximum Gasteiger partial charge on any atom is 0.242 e. The number of hydrogen-bond acceptors (Lipinski definition) is 3. The molecular formula is C16H16FNO3S. The summed E-state index contributed by atoms with van der Waals surface area (Å²) in [5.74, 6) is -1.69. The molecule has 0 unspecified atom stereocenters. The Labute approximate surface area is 129 Å². The molecule has 116 valence electrons. The molecule has 0 bridgehead atoms. The molecule has 6 heteroatoms. The molecular weight excluding hydrogens is 305 g/mol. The Balaban J connectivity index is 2.22. The van der Waals surface area contributed by atoms with E-state index in [1.54, 1.807) is 37.3 Å². The molecule has 0 radical (unpaired) electrons. The minimum Gasteiger partial charge on any atom is -0.293 e. The van der Waals surface area contributed by atoms with E-state index < -0.39 is 27.4 Å². The van der Waals surface area contributed by atoms with Crippen LogP contribution in [-0.4, -0.2) is 26.5 Å². The minimum atomic E-state index is -3.79. The summed E-state index contributed by atoms with van der Waals surface area (Å²) in [6.45, 7) is 1.93. The number of Topliss-reactive ketones (excluding diaryl/α,β-unsaturated/α-hetero) is 1. The highest BCUT2D eigenvalue weighted by molar-refractivity contribution is 7.93. The van der Waals surface area contributed by atoms with Gasteiger partial charge in [-0.2, -0.15) is 0 Å². The predicted molar refractivity (Wildman–Crippen MR) is 84.0 cm³/mol. The summed E-state index contributed by atoms with van der Waals surface area (Å²) in [6.07, 6.45) is 0. The number of benzene rings is 2. The Hall–Kier alpha value is -2.21. The average Bonchev–Trinajstić information content (AvgIpc) is 2.49. The number of anilines is 1. The van der Waals surface area contributed by atoms with Gasteiger partial charge in [0.1, 0.15) is 11.6 Å². The molecule has 22 heavy (non-hydrogen) atoms. The number of sulfonamides is 1. The topological polar surface area (TPSA) is 54.5 Å².